The normalized spacial score (nSPS) is 13.2. The van der Waals surface area contributed by atoms with Gasteiger partial charge in [-0.2, -0.15) is 0 Å². The van der Waals surface area contributed by atoms with Crippen LogP contribution in [-0.2, 0) is 16.1 Å². The Balaban J connectivity index is 2.22. The maximum Gasteiger partial charge on any atom is 0.320 e. The summed E-state index contributed by atoms with van der Waals surface area (Å²) in [6.07, 6.45) is 0.876. The Hall–Kier alpha value is -2.21. The number of para-hydroxylation sites is 1. The maximum atomic E-state index is 12.2. The van der Waals surface area contributed by atoms with Crippen LogP contribution in [0, 0.1) is 0 Å². The Morgan fingerprint density at radius 1 is 1.32 bits per heavy atom. The highest BCUT2D eigenvalue weighted by Crippen LogP contribution is 2.13. The lowest BCUT2D eigenvalue weighted by Gasteiger charge is -2.28. The number of rotatable bonds is 6. The zero-order valence-corrected chi connectivity index (χ0v) is 15.6. The van der Waals surface area contributed by atoms with Crippen LogP contribution in [0.4, 0.5) is 0 Å². The number of carbonyl (C=O) groups is 1. The van der Waals surface area contributed by atoms with Gasteiger partial charge < -0.3 is 9.72 Å². The molecule has 0 aliphatic heterocycles. The summed E-state index contributed by atoms with van der Waals surface area (Å²) >= 11 is 0. The highest BCUT2D eigenvalue weighted by molar-refractivity contribution is 5.77. The van der Waals surface area contributed by atoms with E-state index in [0.29, 0.717) is 23.3 Å². The van der Waals surface area contributed by atoms with Crippen LogP contribution < -0.4 is 5.56 Å². The molecule has 0 bridgehead atoms. The summed E-state index contributed by atoms with van der Waals surface area (Å²) in [4.78, 5) is 33.7. The van der Waals surface area contributed by atoms with Gasteiger partial charge in [-0.3, -0.25) is 14.5 Å². The summed E-state index contributed by atoms with van der Waals surface area (Å²) in [5, 5.41) is 0.563. The molecule has 0 aliphatic rings. The maximum absolute atomic E-state index is 12.2. The monoisotopic (exact) mass is 345 g/mol. The van der Waals surface area contributed by atoms with Crippen molar-refractivity contribution in [3.8, 4) is 0 Å². The fourth-order valence-corrected chi connectivity index (χ4v) is 2.57. The van der Waals surface area contributed by atoms with E-state index >= 15 is 0 Å². The number of hydrogen-bond donors (Lipinski definition) is 1. The molecule has 0 saturated carbocycles. The molecule has 1 unspecified atom stereocenters. The molecule has 1 atom stereocenters. The predicted octanol–water partition coefficient (Wildman–Crippen LogP) is 2.87. The lowest BCUT2D eigenvalue weighted by atomic mass is 10.2. The zero-order valence-electron chi connectivity index (χ0n) is 15.6. The van der Waals surface area contributed by atoms with Gasteiger partial charge in [0.2, 0.25) is 0 Å². The number of carbonyl (C=O) groups excluding carboxylic acids is 1. The number of fused-ring (bicyclic) bond motifs is 1. The van der Waals surface area contributed by atoms with Crippen molar-refractivity contribution < 1.29 is 9.53 Å². The first-order chi connectivity index (χ1) is 11.7. The molecule has 6 nitrogen and oxygen atoms in total. The topological polar surface area (TPSA) is 75.3 Å². The fraction of sp³-hybridized carbons (Fsp3) is 0.526. The summed E-state index contributed by atoms with van der Waals surface area (Å²) in [6, 6.07) is 7.39. The third kappa shape index (κ3) is 5.39. The molecule has 2 aromatic rings. The van der Waals surface area contributed by atoms with Crippen LogP contribution in [0.2, 0.25) is 0 Å². The summed E-state index contributed by atoms with van der Waals surface area (Å²) in [6.45, 7) is 10.2. The van der Waals surface area contributed by atoms with Crippen LogP contribution in [0.15, 0.2) is 29.1 Å². The van der Waals surface area contributed by atoms with Crippen LogP contribution in [0.25, 0.3) is 10.9 Å². The number of hydrogen-bond acceptors (Lipinski definition) is 5. The third-order valence-electron chi connectivity index (χ3n) is 3.98. The van der Waals surface area contributed by atoms with E-state index in [1.54, 1.807) is 6.07 Å². The second-order valence-corrected chi connectivity index (χ2v) is 7.28. The van der Waals surface area contributed by atoms with Gasteiger partial charge in [0, 0.05) is 6.04 Å². The van der Waals surface area contributed by atoms with Gasteiger partial charge in [-0.1, -0.05) is 19.1 Å². The van der Waals surface area contributed by atoms with E-state index in [0.717, 1.165) is 6.42 Å². The van der Waals surface area contributed by atoms with Gasteiger partial charge in [-0.15, -0.1) is 0 Å². The highest BCUT2D eigenvalue weighted by Gasteiger charge is 2.22. The average Bonchev–Trinajstić information content (AvgIpc) is 2.51. The minimum atomic E-state index is -0.520. The molecule has 1 aromatic carbocycles. The van der Waals surface area contributed by atoms with Crippen molar-refractivity contribution >= 4 is 16.9 Å². The van der Waals surface area contributed by atoms with E-state index in [9.17, 15) is 9.59 Å². The average molecular weight is 345 g/mol. The molecule has 0 radical (unpaired) electrons. The highest BCUT2D eigenvalue weighted by atomic mass is 16.6. The van der Waals surface area contributed by atoms with E-state index < -0.39 is 5.60 Å². The molecule has 136 valence electrons. The van der Waals surface area contributed by atoms with Crippen LogP contribution in [0.5, 0.6) is 0 Å². The van der Waals surface area contributed by atoms with Crippen molar-refractivity contribution in [3.63, 3.8) is 0 Å². The molecule has 6 heteroatoms. The fourth-order valence-electron chi connectivity index (χ4n) is 2.57. The molecule has 0 fully saturated rings. The Kier molecular flexibility index (Phi) is 5.95. The Bertz CT molecular complexity index is 792. The zero-order chi connectivity index (χ0) is 18.6. The molecule has 0 saturated heterocycles. The molecular formula is C19H27N3O3. The molecule has 0 amide bonds. The summed E-state index contributed by atoms with van der Waals surface area (Å²) in [7, 11) is 0. The Morgan fingerprint density at radius 2 is 2.00 bits per heavy atom. The SMILES string of the molecule is CCC(C)N(CC(=O)OC(C)(C)C)Cc1nc2ccccc2c(=O)[nH]1. The first-order valence-electron chi connectivity index (χ1n) is 8.63. The van der Waals surface area contributed by atoms with Crippen molar-refractivity contribution in [2.24, 2.45) is 0 Å². The quantitative estimate of drug-likeness (QED) is 0.815. The lowest BCUT2D eigenvalue weighted by molar-refractivity contribution is -0.156. The van der Waals surface area contributed by atoms with E-state index in [1.807, 2.05) is 50.8 Å². The molecule has 1 aromatic heterocycles. The van der Waals surface area contributed by atoms with Crippen LogP contribution >= 0.6 is 0 Å². The van der Waals surface area contributed by atoms with Crippen molar-refractivity contribution in [1.29, 1.82) is 0 Å². The molecule has 0 spiro atoms. The number of aromatic amines is 1. The van der Waals surface area contributed by atoms with Gasteiger partial charge in [0.25, 0.3) is 5.56 Å². The van der Waals surface area contributed by atoms with Gasteiger partial charge in [0.1, 0.15) is 11.4 Å². The molecular weight excluding hydrogens is 318 g/mol. The first-order valence-corrected chi connectivity index (χ1v) is 8.63. The molecule has 1 heterocycles. The predicted molar refractivity (Wildman–Crippen MR) is 98.4 cm³/mol. The summed E-state index contributed by atoms with van der Waals surface area (Å²) < 4.78 is 5.42. The molecule has 1 N–H and O–H groups in total. The van der Waals surface area contributed by atoms with Crippen molar-refractivity contribution in [2.45, 2.75) is 59.2 Å². The molecule has 2 rings (SSSR count). The number of H-pyrrole nitrogens is 1. The van der Waals surface area contributed by atoms with Crippen LogP contribution in [-0.4, -0.2) is 39.0 Å². The minimum absolute atomic E-state index is 0.156. The lowest BCUT2D eigenvalue weighted by Crippen LogP contribution is -2.40. The number of nitrogens with one attached hydrogen (secondary N) is 1. The van der Waals surface area contributed by atoms with E-state index in [-0.39, 0.29) is 24.1 Å². The van der Waals surface area contributed by atoms with Gasteiger partial charge in [-0.05, 0) is 46.2 Å². The molecule has 25 heavy (non-hydrogen) atoms. The number of aromatic nitrogens is 2. The van der Waals surface area contributed by atoms with E-state index in [4.69, 9.17) is 4.74 Å². The van der Waals surface area contributed by atoms with Crippen molar-refractivity contribution in [2.75, 3.05) is 6.54 Å². The van der Waals surface area contributed by atoms with Crippen molar-refractivity contribution in [3.05, 3.63) is 40.4 Å². The number of benzene rings is 1. The van der Waals surface area contributed by atoms with Gasteiger partial charge in [0.05, 0.1) is 24.0 Å². The second-order valence-electron chi connectivity index (χ2n) is 7.28. The largest absolute Gasteiger partial charge is 0.459 e. The van der Waals surface area contributed by atoms with Crippen molar-refractivity contribution in [1.82, 2.24) is 14.9 Å². The summed E-state index contributed by atoms with van der Waals surface area (Å²) in [5.41, 5.74) is -0.0298. The molecule has 0 aliphatic carbocycles. The number of nitrogens with zero attached hydrogens (tertiary/aromatic N) is 2. The first kappa shape index (κ1) is 19.1. The Morgan fingerprint density at radius 3 is 2.64 bits per heavy atom. The van der Waals surface area contributed by atoms with Gasteiger partial charge >= 0.3 is 5.97 Å². The van der Waals surface area contributed by atoms with Gasteiger partial charge in [0.15, 0.2) is 0 Å². The summed E-state index contributed by atoms with van der Waals surface area (Å²) in [5.74, 6) is 0.267. The minimum Gasteiger partial charge on any atom is -0.459 e. The van der Waals surface area contributed by atoms with E-state index in [1.165, 1.54) is 0 Å². The van der Waals surface area contributed by atoms with Crippen LogP contribution in [0.1, 0.15) is 46.9 Å². The third-order valence-corrected chi connectivity index (χ3v) is 3.98. The smallest absolute Gasteiger partial charge is 0.320 e. The number of esters is 1. The standard InChI is InChI=1S/C19H27N3O3/c1-6-13(2)22(12-17(23)25-19(3,4)5)11-16-20-15-10-8-7-9-14(15)18(24)21-16/h7-10,13H,6,11-12H2,1-5H3,(H,20,21,24). The number of ether oxygens (including phenoxy) is 1. The Labute approximate surface area is 148 Å². The van der Waals surface area contributed by atoms with E-state index in [2.05, 4.69) is 16.9 Å². The second kappa shape index (κ2) is 7.78. The van der Waals surface area contributed by atoms with Gasteiger partial charge in [-0.25, -0.2) is 4.98 Å². The van der Waals surface area contributed by atoms with Crippen LogP contribution in [0.3, 0.4) is 0 Å².